The minimum absolute atomic E-state index is 0.0801. The molecule has 0 rings (SSSR count). The Morgan fingerprint density at radius 2 is 0.710 bits per heavy atom. The van der Waals surface area contributed by atoms with Gasteiger partial charge in [0.05, 0.1) is 6.61 Å². The summed E-state index contributed by atoms with van der Waals surface area (Å²) in [7, 11) is 0. The lowest BCUT2D eigenvalue weighted by Crippen LogP contribution is -2.30. The molecule has 0 amide bonds. The average molecular weight is 869 g/mol. The fourth-order valence-corrected chi connectivity index (χ4v) is 7.76. The SMILES string of the molecule is CCC/C=C\C/C=C\CCCCCCCC(=O)OCC(COCCCCCCCCCCCC/C=C\C/C=C\CCCCC)OC(=O)CCCCCCCCCCCCCCC. The van der Waals surface area contributed by atoms with E-state index in [1.54, 1.807) is 0 Å². The van der Waals surface area contributed by atoms with Crippen LogP contribution in [0.3, 0.4) is 0 Å². The van der Waals surface area contributed by atoms with Crippen molar-refractivity contribution in [2.24, 2.45) is 0 Å². The molecule has 0 bridgehead atoms. The van der Waals surface area contributed by atoms with Crippen molar-refractivity contribution in [2.75, 3.05) is 19.8 Å². The van der Waals surface area contributed by atoms with Crippen molar-refractivity contribution >= 4 is 11.9 Å². The molecular weight excluding hydrogens is 765 g/mol. The van der Waals surface area contributed by atoms with Gasteiger partial charge in [0.2, 0.25) is 0 Å². The second-order valence-corrected chi connectivity index (χ2v) is 18.1. The maximum atomic E-state index is 12.8. The van der Waals surface area contributed by atoms with E-state index >= 15 is 0 Å². The first-order valence-corrected chi connectivity index (χ1v) is 27.2. The van der Waals surface area contributed by atoms with Crippen molar-refractivity contribution in [3.63, 3.8) is 0 Å². The molecule has 0 aliphatic heterocycles. The molecule has 0 aromatic heterocycles. The lowest BCUT2D eigenvalue weighted by molar-refractivity contribution is -0.163. The summed E-state index contributed by atoms with van der Waals surface area (Å²) < 4.78 is 17.4. The lowest BCUT2D eigenvalue weighted by atomic mass is 10.0. The van der Waals surface area contributed by atoms with Crippen LogP contribution in [0.25, 0.3) is 0 Å². The Morgan fingerprint density at radius 1 is 0.355 bits per heavy atom. The number of carbonyl (C=O) groups is 2. The van der Waals surface area contributed by atoms with Crippen LogP contribution in [0.2, 0.25) is 0 Å². The molecule has 5 heteroatoms. The van der Waals surface area contributed by atoms with E-state index in [0.717, 1.165) is 64.2 Å². The van der Waals surface area contributed by atoms with E-state index in [9.17, 15) is 9.59 Å². The van der Waals surface area contributed by atoms with Gasteiger partial charge in [-0.1, -0.05) is 236 Å². The standard InChI is InChI=1S/C57H104O5/c1-4-7-10-13-16-19-22-25-26-27-28-29-30-31-34-37-40-43-46-49-52-60-53-55(62-57(59)51-48-45-42-39-36-33-24-21-18-15-12-9-6-3)54-61-56(58)50-47-44-41-38-35-32-23-20-17-14-11-8-5-2/h11,14,16,19-20,23,25-26,55H,4-10,12-13,15,17-18,21-22,24,27-54H2,1-3H3/b14-11-,19-16-,23-20-,26-25-. The molecular formula is C57H104O5. The number of ether oxygens (including phenoxy) is 3. The van der Waals surface area contributed by atoms with E-state index in [4.69, 9.17) is 14.2 Å². The minimum Gasteiger partial charge on any atom is -0.462 e. The predicted molar refractivity (Wildman–Crippen MR) is 270 cm³/mol. The molecule has 0 aliphatic carbocycles. The molecule has 0 saturated carbocycles. The molecule has 0 N–H and O–H groups in total. The van der Waals surface area contributed by atoms with Gasteiger partial charge in [0.15, 0.2) is 6.10 Å². The number of esters is 2. The molecule has 1 unspecified atom stereocenters. The maximum absolute atomic E-state index is 12.8. The summed E-state index contributed by atoms with van der Waals surface area (Å²) >= 11 is 0. The van der Waals surface area contributed by atoms with E-state index in [2.05, 4.69) is 69.4 Å². The first-order valence-electron chi connectivity index (χ1n) is 27.2. The van der Waals surface area contributed by atoms with Gasteiger partial charge in [0.25, 0.3) is 0 Å². The van der Waals surface area contributed by atoms with Gasteiger partial charge in [-0.05, 0) is 77.0 Å². The summed E-state index contributed by atoms with van der Waals surface area (Å²) in [6.45, 7) is 7.75. The first-order chi connectivity index (χ1) is 30.6. The Bertz CT molecular complexity index is 1030. The van der Waals surface area contributed by atoms with Crippen LogP contribution in [0.1, 0.15) is 278 Å². The highest BCUT2D eigenvalue weighted by Gasteiger charge is 2.17. The molecule has 5 nitrogen and oxygen atoms in total. The zero-order valence-electron chi connectivity index (χ0n) is 41.6. The number of allylic oxidation sites excluding steroid dienone is 8. The smallest absolute Gasteiger partial charge is 0.306 e. The highest BCUT2D eigenvalue weighted by molar-refractivity contribution is 5.70. The van der Waals surface area contributed by atoms with Crippen molar-refractivity contribution in [3.05, 3.63) is 48.6 Å². The zero-order chi connectivity index (χ0) is 44.9. The number of rotatable bonds is 50. The molecule has 62 heavy (non-hydrogen) atoms. The minimum atomic E-state index is -0.540. The van der Waals surface area contributed by atoms with Crippen LogP contribution < -0.4 is 0 Å². The molecule has 1 atom stereocenters. The van der Waals surface area contributed by atoms with Crippen molar-refractivity contribution in [3.8, 4) is 0 Å². The van der Waals surface area contributed by atoms with Gasteiger partial charge in [-0.25, -0.2) is 0 Å². The van der Waals surface area contributed by atoms with Crippen LogP contribution in [0, 0.1) is 0 Å². The van der Waals surface area contributed by atoms with Gasteiger partial charge in [0, 0.05) is 19.4 Å². The number of carbonyl (C=O) groups excluding carboxylic acids is 2. The summed E-state index contributed by atoms with van der Waals surface area (Å²) in [5.41, 5.74) is 0. The fourth-order valence-electron chi connectivity index (χ4n) is 7.76. The predicted octanol–water partition coefficient (Wildman–Crippen LogP) is 18.3. The lowest BCUT2D eigenvalue weighted by Gasteiger charge is -2.18. The van der Waals surface area contributed by atoms with Crippen molar-refractivity contribution < 1.29 is 23.8 Å². The third kappa shape index (κ3) is 50.5. The van der Waals surface area contributed by atoms with Crippen LogP contribution in [-0.2, 0) is 23.8 Å². The Balaban J connectivity index is 4.22. The van der Waals surface area contributed by atoms with Gasteiger partial charge < -0.3 is 14.2 Å². The number of hydrogen-bond donors (Lipinski definition) is 0. The topological polar surface area (TPSA) is 61.8 Å². The van der Waals surface area contributed by atoms with Crippen LogP contribution in [0.15, 0.2) is 48.6 Å². The molecule has 0 aromatic carbocycles. The Morgan fingerprint density at radius 3 is 1.16 bits per heavy atom. The summed E-state index contributed by atoms with van der Waals surface area (Å²) in [4.78, 5) is 25.4. The van der Waals surface area contributed by atoms with Gasteiger partial charge in [-0.15, -0.1) is 0 Å². The van der Waals surface area contributed by atoms with Crippen LogP contribution in [0.5, 0.6) is 0 Å². The van der Waals surface area contributed by atoms with E-state index in [1.807, 2.05) is 0 Å². The molecule has 0 spiro atoms. The molecule has 0 aliphatic rings. The number of unbranched alkanes of at least 4 members (excludes halogenated alkanes) is 31. The fraction of sp³-hybridized carbons (Fsp3) is 0.825. The second-order valence-electron chi connectivity index (χ2n) is 18.1. The summed E-state index contributed by atoms with van der Waals surface area (Å²) in [5.74, 6) is -0.403. The third-order valence-corrected chi connectivity index (χ3v) is 11.8. The molecule has 0 heterocycles. The monoisotopic (exact) mass is 869 g/mol. The van der Waals surface area contributed by atoms with Crippen LogP contribution >= 0.6 is 0 Å². The van der Waals surface area contributed by atoms with E-state index < -0.39 is 6.10 Å². The highest BCUT2D eigenvalue weighted by Crippen LogP contribution is 2.15. The summed E-state index contributed by atoms with van der Waals surface area (Å²) in [6, 6.07) is 0. The average Bonchev–Trinajstić information content (AvgIpc) is 3.27. The van der Waals surface area contributed by atoms with E-state index in [-0.39, 0.29) is 25.2 Å². The number of hydrogen-bond acceptors (Lipinski definition) is 5. The summed E-state index contributed by atoms with van der Waals surface area (Å²) in [6.07, 6.45) is 65.5. The molecule has 0 fully saturated rings. The van der Waals surface area contributed by atoms with Gasteiger partial charge in [-0.2, -0.15) is 0 Å². The quantitative estimate of drug-likeness (QED) is 0.0346. The van der Waals surface area contributed by atoms with Crippen molar-refractivity contribution in [1.82, 2.24) is 0 Å². The van der Waals surface area contributed by atoms with Gasteiger partial charge >= 0.3 is 11.9 Å². The van der Waals surface area contributed by atoms with Crippen molar-refractivity contribution in [2.45, 2.75) is 284 Å². The Hall–Kier alpha value is -2.14. The summed E-state index contributed by atoms with van der Waals surface area (Å²) in [5, 5.41) is 0. The van der Waals surface area contributed by atoms with Crippen LogP contribution in [-0.4, -0.2) is 37.9 Å². The molecule has 0 aromatic rings. The first kappa shape index (κ1) is 59.9. The Kier molecular flexibility index (Phi) is 51.4. The molecule has 362 valence electrons. The van der Waals surface area contributed by atoms with Crippen molar-refractivity contribution in [1.29, 1.82) is 0 Å². The van der Waals surface area contributed by atoms with Crippen LogP contribution in [0.4, 0.5) is 0 Å². The van der Waals surface area contributed by atoms with Gasteiger partial charge in [-0.3, -0.25) is 9.59 Å². The van der Waals surface area contributed by atoms with E-state index in [1.165, 1.54) is 180 Å². The largest absolute Gasteiger partial charge is 0.462 e. The van der Waals surface area contributed by atoms with E-state index in [0.29, 0.717) is 19.4 Å². The molecule has 0 radical (unpaired) electrons. The van der Waals surface area contributed by atoms with Gasteiger partial charge in [0.1, 0.15) is 6.61 Å². The zero-order valence-corrected chi connectivity index (χ0v) is 41.6. The highest BCUT2D eigenvalue weighted by atomic mass is 16.6. The third-order valence-electron chi connectivity index (χ3n) is 11.8. The normalized spacial score (nSPS) is 12.5. The molecule has 0 saturated heterocycles. The Labute approximate surface area is 386 Å². The second kappa shape index (κ2) is 53.2. The maximum Gasteiger partial charge on any atom is 0.306 e.